The maximum atomic E-state index is 16.1. The van der Waals surface area contributed by atoms with E-state index in [2.05, 4.69) is 52.7 Å². The summed E-state index contributed by atoms with van der Waals surface area (Å²) in [6.07, 6.45) is 22.2. The summed E-state index contributed by atoms with van der Waals surface area (Å²) in [5.41, 5.74) is 3.26. The number of carbonyl (C=O) groups excluding carboxylic acids is 2. The number of para-hydroxylation sites is 1. The number of carbonyl (C=O) groups is 2. The molecule has 0 saturated carbocycles. The Hall–Kier alpha value is -5.22. The maximum Gasteiger partial charge on any atom is 0.329 e. The van der Waals surface area contributed by atoms with Crippen molar-refractivity contribution in [2.45, 2.75) is 120 Å². The zero-order valence-corrected chi connectivity index (χ0v) is 45.2. The Labute approximate surface area is 455 Å². The summed E-state index contributed by atoms with van der Waals surface area (Å²) < 4.78 is 39.1. The van der Waals surface area contributed by atoms with Crippen LogP contribution in [0.15, 0.2) is 59.5 Å². The van der Waals surface area contributed by atoms with Gasteiger partial charge in [0.2, 0.25) is 11.8 Å². The first kappa shape index (κ1) is 53.6. The second-order valence-electron chi connectivity index (χ2n) is 20.5. The number of unbranched alkanes of at least 4 members (excludes halogenated alkanes) is 1. The number of ether oxygens (including phenoxy) is 1. The van der Waals surface area contributed by atoms with E-state index in [9.17, 15) is 18.8 Å². The number of aryl methyl sites for hydroxylation is 2. The number of piperazine rings is 1. The van der Waals surface area contributed by atoms with Gasteiger partial charge in [-0.15, -0.1) is 19.5 Å². The Morgan fingerprint density at radius 2 is 1.72 bits per heavy atom. The molecule has 1 radical (unpaired) electrons. The molecule has 15 nitrogen and oxygen atoms in total. The molecule has 18 heteroatoms. The van der Waals surface area contributed by atoms with E-state index in [1.165, 1.54) is 71.1 Å². The minimum atomic E-state index is -0.629. The van der Waals surface area contributed by atoms with Crippen LogP contribution in [0, 0.1) is 29.9 Å². The van der Waals surface area contributed by atoms with Crippen LogP contribution >= 0.6 is 0 Å². The summed E-state index contributed by atoms with van der Waals surface area (Å²) in [6, 6.07) is 15.7. The second-order valence-corrected chi connectivity index (χ2v) is 20.5. The third-order valence-electron chi connectivity index (χ3n) is 16.1. The molecule has 9 heterocycles. The molecule has 3 aromatic heterocycles. The number of halogens is 2. The number of hydrogen-bond donors (Lipinski definition) is 3. The third-order valence-corrected chi connectivity index (χ3v) is 16.1. The molecule has 6 fully saturated rings. The van der Waals surface area contributed by atoms with E-state index in [1.54, 1.807) is 46.6 Å². The predicted molar refractivity (Wildman–Crippen MR) is 279 cm³/mol. The van der Waals surface area contributed by atoms with Crippen LogP contribution in [0.4, 0.5) is 14.6 Å². The quantitative estimate of drug-likeness (QED) is 0.0706. The van der Waals surface area contributed by atoms with Gasteiger partial charge in [-0.1, -0.05) is 68.0 Å². The number of methoxy groups -OCH3 is 1. The van der Waals surface area contributed by atoms with Gasteiger partial charge in [0.1, 0.15) is 28.9 Å². The van der Waals surface area contributed by atoms with Crippen molar-refractivity contribution in [3.63, 3.8) is 0 Å². The molecular formula is C56H65F2N10O5Y-. The van der Waals surface area contributed by atoms with E-state index in [0.29, 0.717) is 58.7 Å². The standard InChI is InChI=1S/C26H21F2N5O.C22H29N4O3.C8H15NO.Y/c1-3-17-20(27)10-7-14-5-4-6-18(21(14)17)23-22(28)24-19(11-29-23)25(32-26(31-24)34-2)33-12-15-8-9-16(13-33)30-15;1-25-20-16(6-3-2-5-15-11-13-23-14-12-15)7-4-8-17(20)26(22(25)29)18-9-10-19(27)24-21(18)28;10-6-8-4-3-7-2-1-5-9(7)8;/h1,4-7,10-11,15-16,30H,8-9,12-13H2,2H3;4,7-8,15,18H,2-3,5-6,9-14H2,1H3,(H,24,27,28);7-8,10H,1-6H2;/q;-1;;. The van der Waals surface area contributed by atoms with Crippen LogP contribution < -0.4 is 26.0 Å². The molecule has 2 amide bonds. The summed E-state index contributed by atoms with van der Waals surface area (Å²) in [6.45, 7) is 5.17. The summed E-state index contributed by atoms with van der Waals surface area (Å²) in [5, 5.41) is 21.0. The zero-order chi connectivity index (χ0) is 50.8. The first-order valence-electron chi connectivity index (χ1n) is 26.2. The maximum absolute atomic E-state index is 16.1. The number of imidazole rings is 1. The number of piperidine rings is 2. The molecule has 5 unspecified atom stereocenters. The third kappa shape index (κ3) is 10.9. The number of amides is 2. The van der Waals surface area contributed by atoms with Crippen LogP contribution in [-0.4, -0.2) is 117 Å². The van der Waals surface area contributed by atoms with E-state index in [-0.39, 0.29) is 79.4 Å². The van der Waals surface area contributed by atoms with Crippen molar-refractivity contribution >= 4 is 50.3 Å². The fourth-order valence-corrected chi connectivity index (χ4v) is 12.4. The molecule has 3 N–H and O–H groups in total. The minimum Gasteiger partial charge on any atom is -0.662 e. The second kappa shape index (κ2) is 23.8. The van der Waals surface area contributed by atoms with Crippen LogP contribution in [0.2, 0.25) is 0 Å². The first-order chi connectivity index (χ1) is 35.5. The Morgan fingerprint density at radius 3 is 2.46 bits per heavy atom. The number of aliphatic hydroxyl groups excluding tert-OH is 1. The van der Waals surface area contributed by atoms with Crippen molar-refractivity contribution < 1.29 is 60.9 Å². The van der Waals surface area contributed by atoms with E-state index in [4.69, 9.17) is 16.3 Å². The van der Waals surface area contributed by atoms with Gasteiger partial charge in [0.05, 0.1) is 35.7 Å². The van der Waals surface area contributed by atoms with Crippen molar-refractivity contribution in [1.29, 1.82) is 0 Å². The summed E-state index contributed by atoms with van der Waals surface area (Å²) >= 11 is 0. The van der Waals surface area contributed by atoms with Crippen LogP contribution in [0.25, 0.3) is 49.3 Å². The molecule has 2 bridgehead atoms. The minimum absolute atomic E-state index is 0. The van der Waals surface area contributed by atoms with Crippen LogP contribution in [0.3, 0.4) is 0 Å². The van der Waals surface area contributed by atoms with Crippen molar-refractivity contribution in [3.05, 3.63) is 93.3 Å². The zero-order valence-electron chi connectivity index (χ0n) is 42.4. The molecule has 0 spiro atoms. The van der Waals surface area contributed by atoms with Crippen LogP contribution in [0.5, 0.6) is 6.01 Å². The monoisotopic (exact) mass is 1080 g/mol. The number of nitrogens with zero attached hydrogens (tertiary/aromatic N) is 8. The number of imide groups is 1. The Bertz CT molecular complexity index is 3120. The molecule has 387 valence electrons. The number of terminal acetylenes is 1. The predicted octanol–water partition coefficient (Wildman–Crippen LogP) is 7.47. The number of benzene rings is 3. The summed E-state index contributed by atoms with van der Waals surface area (Å²) in [5.74, 6) is 1.99. The average Bonchev–Trinajstić information content (AvgIpc) is 4.19. The van der Waals surface area contributed by atoms with Crippen LogP contribution in [-0.2, 0) is 55.8 Å². The van der Waals surface area contributed by atoms with Gasteiger partial charge < -0.3 is 25.4 Å². The number of pyridine rings is 1. The van der Waals surface area contributed by atoms with Crippen molar-refractivity contribution in [3.8, 4) is 29.6 Å². The largest absolute Gasteiger partial charge is 0.662 e. The van der Waals surface area contributed by atoms with Gasteiger partial charge in [0.25, 0.3) is 0 Å². The number of hydrogen-bond acceptors (Lipinski definition) is 11. The smallest absolute Gasteiger partial charge is 0.329 e. The van der Waals surface area contributed by atoms with Crippen LogP contribution in [0.1, 0.15) is 101 Å². The molecule has 12 rings (SSSR count). The van der Waals surface area contributed by atoms with E-state index in [0.717, 1.165) is 80.4 Å². The molecule has 3 aromatic carbocycles. The molecule has 74 heavy (non-hydrogen) atoms. The molecule has 6 aromatic rings. The van der Waals surface area contributed by atoms with Gasteiger partial charge in [-0.3, -0.25) is 33.9 Å². The van der Waals surface area contributed by atoms with Gasteiger partial charge in [0, 0.05) is 101 Å². The fraction of sp³-hybridized carbons (Fsp3) is 0.500. The number of nitrogens with one attached hydrogen (secondary N) is 2. The Morgan fingerprint density at radius 1 is 0.932 bits per heavy atom. The number of rotatable bonds is 10. The SMILES string of the molecule is C#Cc1c(F)ccc2cccc(-c3ncc4c(N5CC6CCC(C5)N6)nc(OC)nc4c3F)c12.Cn1c(=O)n(C2CCC(=O)NC2=O)c2cccc(CCCCC3CC[N-]CC3)c21.OCC1CCC2CCCN12.[Y]. The van der Waals surface area contributed by atoms with Crippen molar-refractivity contribution in [2.24, 2.45) is 13.0 Å². The Kier molecular flexibility index (Phi) is 17.2. The van der Waals surface area contributed by atoms with E-state index < -0.39 is 17.7 Å². The molecule has 6 aliphatic rings. The molecule has 6 saturated heterocycles. The first-order valence-corrected chi connectivity index (χ1v) is 26.2. The van der Waals surface area contributed by atoms with Crippen molar-refractivity contribution in [1.82, 2.24) is 39.6 Å². The van der Waals surface area contributed by atoms with Gasteiger partial charge in [0.15, 0.2) is 5.82 Å². The summed E-state index contributed by atoms with van der Waals surface area (Å²) in [4.78, 5) is 54.8. The molecule has 5 atom stereocenters. The van der Waals surface area contributed by atoms with Crippen molar-refractivity contribution in [2.75, 3.05) is 51.3 Å². The summed E-state index contributed by atoms with van der Waals surface area (Å²) in [7, 11) is 3.22. The van der Waals surface area contributed by atoms with Gasteiger partial charge in [-0.2, -0.15) is 9.97 Å². The normalized spacial score (nSPS) is 22.6. The topological polar surface area (TPSA) is 174 Å². The Balaban J connectivity index is 0.000000152. The average molecular weight is 1090 g/mol. The van der Waals surface area contributed by atoms with E-state index in [1.807, 2.05) is 12.1 Å². The van der Waals surface area contributed by atoms with Gasteiger partial charge in [-0.25, -0.2) is 13.6 Å². The molecule has 0 aliphatic carbocycles. The fourth-order valence-electron chi connectivity index (χ4n) is 12.4. The number of anilines is 1. The number of aromatic nitrogens is 5. The molecular weight excluding hydrogens is 1020 g/mol. The van der Waals surface area contributed by atoms with Gasteiger partial charge in [-0.05, 0) is 93.3 Å². The number of aliphatic hydroxyl groups is 1. The molecule has 6 aliphatic heterocycles. The number of fused-ring (bicyclic) bond motifs is 6. The van der Waals surface area contributed by atoms with E-state index >= 15 is 4.39 Å². The van der Waals surface area contributed by atoms with Gasteiger partial charge >= 0.3 is 11.7 Å².